The summed E-state index contributed by atoms with van der Waals surface area (Å²) in [7, 11) is 0. The van der Waals surface area contributed by atoms with Crippen LogP contribution >= 0.6 is 0 Å². The van der Waals surface area contributed by atoms with Gasteiger partial charge in [-0.25, -0.2) is 4.99 Å². The maximum Gasteiger partial charge on any atom is 0.216 e. The monoisotopic (exact) mass is 253 g/mol. The first-order valence-corrected chi connectivity index (χ1v) is 6.35. The Hall–Kier alpha value is -2.29. The fourth-order valence-corrected chi connectivity index (χ4v) is 2.20. The highest BCUT2D eigenvalue weighted by Crippen LogP contribution is 2.18. The van der Waals surface area contributed by atoms with Crippen LogP contribution in [0.4, 0.5) is 0 Å². The minimum absolute atomic E-state index is 0.153. The van der Waals surface area contributed by atoms with Crippen LogP contribution < -0.4 is 0 Å². The molecule has 0 saturated heterocycles. The molecule has 0 unspecified atom stereocenters. The summed E-state index contributed by atoms with van der Waals surface area (Å²) in [6, 6.07) is 17.4. The molecule has 1 N–H and O–H groups in total. The van der Waals surface area contributed by atoms with Crippen LogP contribution in [0.1, 0.15) is 11.1 Å². The van der Waals surface area contributed by atoms with Crippen molar-refractivity contribution in [1.29, 1.82) is 0 Å². The van der Waals surface area contributed by atoms with Crippen LogP contribution in [0.5, 0.6) is 5.75 Å². The molecule has 0 spiro atoms. The molecule has 0 bridgehead atoms. The summed E-state index contributed by atoms with van der Waals surface area (Å²) in [5.74, 6) is 0.854. The molecule has 0 saturated carbocycles. The second-order valence-electron chi connectivity index (χ2n) is 4.64. The molecular weight excluding hydrogens is 238 g/mol. The lowest BCUT2D eigenvalue weighted by molar-refractivity contribution is 0.317. The molecule has 19 heavy (non-hydrogen) atoms. The number of phenolic OH excluding ortho intramolecular Hbond substituents is 1. The summed E-state index contributed by atoms with van der Waals surface area (Å²) in [5, 5.41) is 9.46. The Labute approximate surface area is 112 Å². The van der Waals surface area contributed by atoms with Crippen molar-refractivity contribution in [2.24, 2.45) is 4.99 Å². The number of ether oxygens (including phenoxy) is 1. The first-order chi connectivity index (χ1) is 9.31. The van der Waals surface area contributed by atoms with Crippen molar-refractivity contribution in [3.05, 3.63) is 65.7 Å². The van der Waals surface area contributed by atoms with E-state index in [4.69, 9.17) is 4.74 Å². The van der Waals surface area contributed by atoms with Crippen molar-refractivity contribution >= 4 is 5.90 Å². The number of phenols is 1. The lowest BCUT2D eigenvalue weighted by Crippen LogP contribution is -2.09. The van der Waals surface area contributed by atoms with Gasteiger partial charge in [0.25, 0.3) is 0 Å². The Morgan fingerprint density at radius 3 is 2.74 bits per heavy atom. The van der Waals surface area contributed by atoms with E-state index in [2.05, 4.69) is 17.1 Å². The molecule has 1 heterocycles. The van der Waals surface area contributed by atoms with Gasteiger partial charge in [0.15, 0.2) is 0 Å². The van der Waals surface area contributed by atoms with Crippen LogP contribution in [0.2, 0.25) is 0 Å². The van der Waals surface area contributed by atoms with Crippen molar-refractivity contribution in [1.82, 2.24) is 0 Å². The molecule has 0 aliphatic carbocycles. The van der Waals surface area contributed by atoms with Gasteiger partial charge in [-0.05, 0) is 30.2 Å². The van der Waals surface area contributed by atoms with Crippen molar-refractivity contribution in [2.75, 3.05) is 6.61 Å². The Morgan fingerprint density at radius 2 is 1.95 bits per heavy atom. The molecule has 0 radical (unpaired) electrons. The highest BCUT2D eigenvalue weighted by molar-refractivity contribution is 5.95. The van der Waals surface area contributed by atoms with E-state index in [0.717, 1.165) is 12.0 Å². The van der Waals surface area contributed by atoms with Gasteiger partial charge in [-0.2, -0.15) is 0 Å². The smallest absolute Gasteiger partial charge is 0.216 e. The predicted molar refractivity (Wildman–Crippen MR) is 74.5 cm³/mol. The molecule has 3 heteroatoms. The first-order valence-electron chi connectivity index (χ1n) is 6.35. The van der Waals surface area contributed by atoms with Gasteiger partial charge in [-0.3, -0.25) is 0 Å². The molecule has 3 rings (SSSR count). The fourth-order valence-electron chi connectivity index (χ4n) is 2.20. The zero-order chi connectivity index (χ0) is 13.1. The molecule has 1 atom stereocenters. The third-order valence-corrected chi connectivity index (χ3v) is 3.12. The third kappa shape index (κ3) is 2.76. The van der Waals surface area contributed by atoms with Gasteiger partial charge >= 0.3 is 0 Å². The summed E-state index contributed by atoms with van der Waals surface area (Å²) in [6.45, 7) is 0.597. The van der Waals surface area contributed by atoms with E-state index in [9.17, 15) is 5.11 Å². The molecule has 0 aromatic heterocycles. The quantitative estimate of drug-likeness (QED) is 0.913. The summed E-state index contributed by atoms with van der Waals surface area (Å²) in [4.78, 5) is 4.58. The molecule has 2 aromatic carbocycles. The highest BCUT2D eigenvalue weighted by atomic mass is 16.5. The van der Waals surface area contributed by atoms with Gasteiger partial charge < -0.3 is 9.84 Å². The van der Waals surface area contributed by atoms with Crippen molar-refractivity contribution in [3.8, 4) is 5.75 Å². The molecule has 3 nitrogen and oxygen atoms in total. The summed E-state index contributed by atoms with van der Waals surface area (Å²) < 4.78 is 5.62. The number of nitrogens with zero attached hydrogens (tertiary/aromatic N) is 1. The third-order valence-electron chi connectivity index (χ3n) is 3.12. The van der Waals surface area contributed by atoms with Gasteiger partial charge in [0.2, 0.25) is 5.90 Å². The van der Waals surface area contributed by atoms with Gasteiger partial charge in [-0.1, -0.05) is 36.4 Å². The van der Waals surface area contributed by atoms with Crippen LogP contribution in [-0.4, -0.2) is 23.7 Å². The predicted octanol–water partition coefficient (Wildman–Crippen LogP) is 2.78. The molecule has 0 amide bonds. The standard InChI is InChI=1S/C16H15NO2/c18-15-8-4-7-13(10-15)16-17-14(11-19-16)9-12-5-2-1-3-6-12/h1-8,10,14,18H,9,11H2/t14-/m0/s1. The lowest BCUT2D eigenvalue weighted by Gasteiger charge is -2.04. The molecule has 1 aliphatic heterocycles. The van der Waals surface area contributed by atoms with Crippen LogP contribution in [0.25, 0.3) is 0 Å². The number of aliphatic imine (C=N–C) groups is 1. The Bertz CT molecular complexity index is 593. The minimum Gasteiger partial charge on any atom is -0.508 e. The summed E-state index contributed by atoms with van der Waals surface area (Å²) >= 11 is 0. The zero-order valence-electron chi connectivity index (χ0n) is 10.5. The van der Waals surface area contributed by atoms with Crippen LogP contribution in [0.3, 0.4) is 0 Å². The van der Waals surface area contributed by atoms with E-state index >= 15 is 0 Å². The van der Waals surface area contributed by atoms with E-state index in [1.807, 2.05) is 24.3 Å². The molecule has 1 aliphatic rings. The maximum atomic E-state index is 9.46. The average molecular weight is 253 g/mol. The Morgan fingerprint density at radius 1 is 1.11 bits per heavy atom. The number of benzene rings is 2. The van der Waals surface area contributed by atoms with Gasteiger partial charge in [0.1, 0.15) is 12.4 Å². The normalized spacial score (nSPS) is 17.9. The number of hydrogen-bond donors (Lipinski definition) is 1. The number of aromatic hydroxyl groups is 1. The van der Waals surface area contributed by atoms with E-state index in [1.54, 1.807) is 18.2 Å². The van der Waals surface area contributed by atoms with E-state index in [0.29, 0.717) is 12.5 Å². The average Bonchev–Trinajstić information content (AvgIpc) is 2.88. The van der Waals surface area contributed by atoms with Crippen molar-refractivity contribution < 1.29 is 9.84 Å². The second-order valence-corrected chi connectivity index (χ2v) is 4.64. The molecule has 96 valence electrons. The fraction of sp³-hybridized carbons (Fsp3) is 0.188. The Kier molecular flexibility index (Phi) is 3.19. The maximum absolute atomic E-state index is 9.46. The van der Waals surface area contributed by atoms with Gasteiger partial charge in [0.05, 0.1) is 6.04 Å². The van der Waals surface area contributed by atoms with E-state index < -0.39 is 0 Å². The van der Waals surface area contributed by atoms with Crippen molar-refractivity contribution in [3.63, 3.8) is 0 Å². The SMILES string of the molecule is Oc1cccc(C2=N[C@@H](Cc3ccccc3)CO2)c1. The van der Waals surface area contributed by atoms with E-state index in [-0.39, 0.29) is 11.8 Å². The first kappa shape index (κ1) is 11.8. The van der Waals surface area contributed by atoms with Gasteiger partial charge in [-0.15, -0.1) is 0 Å². The molecule has 2 aromatic rings. The largest absolute Gasteiger partial charge is 0.508 e. The van der Waals surface area contributed by atoms with E-state index in [1.165, 1.54) is 5.56 Å². The molecule has 0 fully saturated rings. The van der Waals surface area contributed by atoms with Crippen LogP contribution in [0, 0.1) is 0 Å². The second kappa shape index (κ2) is 5.14. The zero-order valence-corrected chi connectivity index (χ0v) is 10.5. The lowest BCUT2D eigenvalue weighted by atomic mass is 10.1. The summed E-state index contributed by atoms with van der Waals surface area (Å²) in [5.41, 5.74) is 2.09. The summed E-state index contributed by atoms with van der Waals surface area (Å²) in [6.07, 6.45) is 0.878. The number of hydrogen-bond acceptors (Lipinski definition) is 3. The number of rotatable bonds is 3. The van der Waals surface area contributed by atoms with Crippen LogP contribution in [0.15, 0.2) is 59.6 Å². The Balaban J connectivity index is 1.74. The van der Waals surface area contributed by atoms with Crippen molar-refractivity contribution in [2.45, 2.75) is 12.5 Å². The van der Waals surface area contributed by atoms with Crippen LogP contribution in [-0.2, 0) is 11.2 Å². The van der Waals surface area contributed by atoms with Gasteiger partial charge in [0, 0.05) is 5.56 Å². The topological polar surface area (TPSA) is 41.8 Å². The molecular formula is C16H15NO2. The minimum atomic E-state index is 0.153. The highest BCUT2D eigenvalue weighted by Gasteiger charge is 2.20.